The average Bonchev–Trinajstić information content (AvgIpc) is 3.06. The van der Waals surface area contributed by atoms with Crippen LogP contribution in [0.15, 0.2) is 47.4 Å². The first kappa shape index (κ1) is 14.2. The van der Waals surface area contributed by atoms with E-state index in [0.29, 0.717) is 0 Å². The summed E-state index contributed by atoms with van der Waals surface area (Å²) in [5.74, 6) is 0. The van der Waals surface area contributed by atoms with Crippen molar-refractivity contribution in [3.05, 3.63) is 58.7 Å². The number of hydrogen-bond acceptors (Lipinski definition) is 4. The summed E-state index contributed by atoms with van der Waals surface area (Å²) in [7, 11) is 0. The van der Waals surface area contributed by atoms with Crippen LogP contribution in [-0.4, -0.2) is 16.5 Å². The first-order chi connectivity index (χ1) is 10.4. The maximum atomic E-state index is 4.49. The molecule has 0 aliphatic rings. The molecule has 3 rings (SSSR count). The van der Waals surface area contributed by atoms with Gasteiger partial charge in [0.2, 0.25) is 0 Å². The molecule has 0 saturated heterocycles. The van der Waals surface area contributed by atoms with E-state index in [2.05, 4.69) is 51.9 Å². The Labute approximate surface area is 129 Å². The summed E-state index contributed by atoms with van der Waals surface area (Å²) in [6, 6.07) is 10.7. The lowest BCUT2D eigenvalue weighted by atomic mass is 10.00. The van der Waals surface area contributed by atoms with Crippen LogP contribution in [0.25, 0.3) is 10.9 Å². The lowest BCUT2D eigenvalue weighted by molar-refractivity contribution is 0.521. The van der Waals surface area contributed by atoms with Gasteiger partial charge in [-0.15, -0.1) is 11.3 Å². The lowest BCUT2D eigenvalue weighted by Crippen LogP contribution is -2.24. The van der Waals surface area contributed by atoms with Gasteiger partial charge in [-0.2, -0.15) is 0 Å². The number of rotatable bonds is 6. The Bertz CT molecular complexity index is 689. The van der Waals surface area contributed by atoms with Gasteiger partial charge in [-0.25, -0.2) is 4.98 Å². The normalized spacial score (nSPS) is 12.6. The number of nitrogens with one attached hydrogen (secondary N) is 1. The minimum absolute atomic E-state index is 0.266. The van der Waals surface area contributed by atoms with Crippen molar-refractivity contribution in [2.24, 2.45) is 0 Å². The second kappa shape index (κ2) is 6.78. The van der Waals surface area contributed by atoms with Crippen LogP contribution in [0, 0.1) is 0 Å². The van der Waals surface area contributed by atoms with Gasteiger partial charge in [-0.05, 0) is 37.1 Å². The first-order valence-corrected chi connectivity index (χ1v) is 8.27. The van der Waals surface area contributed by atoms with Crippen LogP contribution in [0.1, 0.15) is 30.6 Å². The molecule has 1 N–H and O–H groups in total. The Balaban J connectivity index is 1.90. The smallest absolute Gasteiger partial charge is 0.0795 e. The number of nitrogens with zero attached hydrogens (tertiary/aromatic N) is 2. The third kappa shape index (κ3) is 3.28. The largest absolute Gasteiger partial charge is 0.308 e. The van der Waals surface area contributed by atoms with Gasteiger partial charge in [0.25, 0.3) is 0 Å². The van der Waals surface area contributed by atoms with Crippen LogP contribution in [0.5, 0.6) is 0 Å². The predicted molar refractivity (Wildman–Crippen MR) is 88.6 cm³/mol. The van der Waals surface area contributed by atoms with Gasteiger partial charge in [0, 0.05) is 17.0 Å². The molecule has 4 heteroatoms. The third-order valence-electron chi connectivity index (χ3n) is 3.61. The molecule has 0 saturated carbocycles. The summed E-state index contributed by atoms with van der Waals surface area (Å²) in [5.41, 5.74) is 5.42. The van der Waals surface area contributed by atoms with E-state index in [1.165, 1.54) is 10.9 Å². The van der Waals surface area contributed by atoms with Gasteiger partial charge in [-0.3, -0.25) is 4.98 Å². The molecule has 0 aliphatic carbocycles. The summed E-state index contributed by atoms with van der Waals surface area (Å²) >= 11 is 1.65. The molecule has 2 aromatic heterocycles. The van der Waals surface area contributed by atoms with E-state index in [-0.39, 0.29) is 6.04 Å². The topological polar surface area (TPSA) is 37.8 Å². The Kier molecular flexibility index (Phi) is 4.58. The highest BCUT2D eigenvalue weighted by Gasteiger charge is 2.15. The molecule has 0 spiro atoms. The molecule has 1 aromatic carbocycles. The van der Waals surface area contributed by atoms with E-state index in [4.69, 9.17) is 0 Å². The second-order valence-electron chi connectivity index (χ2n) is 5.11. The van der Waals surface area contributed by atoms with Crippen molar-refractivity contribution in [2.45, 2.75) is 25.8 Å². The monoisotopic (exact) mass is 297 g/mol. The summed E-state index contributed by atoms with van der Waals surface area (Å²) in [6.45, 7) is 3.19. The van der Waals surface area contributed by atoms with Gasteiger partial charge >= 0.3 is 0 Å². The molecular formula is C17H19N3S. The number of aromatic nitrogens is 2. The predicted octanol–water partition coefficient (Wildman–Crippen LogP) is 3.97. The zero-order valence-corrected chi connectivity index (χ0v) is 12.9. The molecule has 0 fully saturated rings. The molecule has 0 radical (unpaired) electrons. The zero-order valence-electron chi connectivity index (χ0n) is 12.1. The molecule has 108 valence electrons. The SMILES string of the molecule is CCCNC(Cc1ccnc2ccccc12)c1cscn1. The molecule has 21 heavy (non-hydrogen) atoms. The first-order valence-electron chi connectivity index (χ1n) is 7.32. The van der Waals surface area contributed by atoms with Crippen LogP contribution in [0.2, 0.25) is 0 Å². The molecular weight excluding hydrogens is 278 g/mol. The van der Waals surface area contributed by atoms with Gasteiger partial charge in [0.1, 0.15) is 0 Å². The van der Waals surface area contributed by atoms with Crippen LogP contribution in [-0.2, 0) is 6.42 Å². The van der Waals surface area contributed by atoms with Crippen molar-refractivity contribution < 1.29 is 0 Å². The van der Waals surface area contributed by atoms with E-state index in [0.717, 1.165) is 30.6 Å². The maximum absolute atomic E-state index is 4.49. The Morgan fingerprint density at radius 2 is 2.10 bits per heavy atom. The quantitative estimate of drug-likeness (QED) is 0.748. The summed E-state index contributed by atoms with van der Waals surface area (Å²) in [5, 5.41) is 6.98. The maximum Gasteiger partial charge on any atom is 0.0795 e. The van der Waals surface area contributed by atoms with Gasteiger partial charge < -0.3 is 5.32 Å². The summed E-state index contributed by atoms with van der Waals surface area (Å²) in [6.07, 6.45) is 3.96. The van der Waals surface area contributed by atoms with Gasteiger partial charge in [0.15, 0.2) is 0 Å². The van der Waals surface area contributed by atoms with Crippen molar-refractivity contribution in [3.63, 3.8) is 0 Å². The molecule has 3 nitrogen and oxygen atoms in total. The fourth-order valence-corrected chi connectivity index (χ4v) is 3.15. The molecule has 1 unspecified atom stereocenters. The van der Waals surface area contributed by atoms with Crippen LogP contribution < -0.4 is 5.32 Å². The minimum Gasteiger partial charge on any atom is -0.308 e. The number of thiazole rings is 1. The highest BCUT2D eigenvalue weighted by Crippen LogP contribution is 2.23. The van der Waals surface area contributed by atoms with E-state index in [1.54, 1.807) is 11.3 Å². The van der Waals surface area contributed by atoms with Crippen molar-refractivity contribution >= 4 is 22.2 Å². The Morgan fingerprint density at radius 3 is 2.90 bits per heavy atom. The number of para-hydroxylation sites is 1. The average molecular weight is 297 g/mol. The highest BCUT2D eigenvalue weighted by atomic mass is 32.1. The number of fused-ring (bicyclic) bond motifs is 1. The molecule has 0 aliphatic heterocycles. The summed E-state index contributed by atoms with van der Waals surface area (Å²) in [4.78, 5) is 8.93. The fourth-order valence-electron chi connectivity index (χ4n) is 2.55. The molecule has 0 amide bonds. The standard InChI is InChI=1S/C17H19N3S/c1-2-8-18-16(17-11-21-12-20-17)10-13-7-9-19-15-6-4-3-5-14(13)15/h3-7,9,11-12,16,18H,2,8,10H2,1H3. The van der Waals surface area contributed by atoms with Crippen molar-refractivity contribution in [3.8, 4) is 0 Å². The van der Waals surface area contributed by atoms with Crippen molar-refractivity contribution in [1.29, 1.82) is 0 Å². The van der Waals surface area contributed by atoms with Crippen molar-refractivity contribution in [1.82, 2.24) is 15.3 Å². The highest BCUT2D eigenvalue weighted by molar-refractivity contribution is 7.07. The number of hydrogen-bond donors (Lipinski definition) is 1. The van der Waals surface area contributed by atoms with Crippen LogP contribution in [0.3, 0.4) is 0 Å². The van der Waals surface area contributed by atoms with E-state index in [1.807, 2.05) is 17.8 Å². The lowest BCUT2D eigenvalue weighted by Gasteiger charge is -2.17. The molecule has 1 atom stereocenters. The molecule has 0 bridgehead atoms. The van der Waals surface area contributed by atoms with Gasteiger partial charge in [-0.1, -0.05) is 25.1 Å². The fraction of sp³-hybridized carbons (Fsp3) is 0.294. The van der Waals surface area contributed by atoms with E-state index < -0.39 is 0 Å². The molecule has 3 aromatic rings. The Hall–Kier alpha value is -1.78. The second-order valence-corrected chi connectivity index (χ2v) is 5.83. The van der Waals surface area contributed by atoms with Crippen LogP contribution in [0.4, 0.5) is 0 Å². The minimum atomic E-state index is 0.266. The zero-order chi connectivity index (χ0) is 14.5. The third-order valence-corrected chi connectivity index (χ3v) is 4.22. The number of pyridine rings is 1. The van der Waals surface area contributed by atoms with E-state index >= 15 is 0 Å². The summed E-state index contributed by atoms with van der Waals surface area (Å²) < 4.78 is 0. The van der Waals surface area contributed by atoms with Gasteiger partial charge in [0.05, 0.1) is 22.8 Å². The number of benzene rings is 1. The van der Waals surface area contributed by atoms with E-state index in [9.17, 15) is 0 Å². The van der Waals surface area contributed by atoms with Crippen LogP contribution >= 0.6 is 11.3 Å². The Morgan fingerprint density at radius 1 is 1.19 bits per heavy atom. The van der Waals surface area contributed by atoms with Crippen molar-refractivity contribution in [2.75, 3.05) is 6.54 Å². The molecule has 2 heterocycles.